The van der Waals surface area contributed by atoms with E-state index < -0.39 is 17.9 Å². The first-order valence-electron chi connectivity index (χ1n) is 9.26. The molecule has 1 amide bonds. The van der Waals surface area contributed by atoms with Crippen molar-refractivity contribution < 1.29 is 24.0 Å². The molecule has 7 heteroatoms. The lowest BCUT2D eigenvalue weighted by molar-refractivity contribution is -0.137. The quantitative estimate of drug-likeness (QED) is 0.599. The maximum atomic E-state index is 13.0. The molecule has 0 spiro atoms. The van der Waals surface area contributed by atoms with E-state index in [1.165, 1.54) is 0 Å². The molecule has 0 fully saturated rings. The van der Waals surface area contributed by atoms with Crippen molar-refractivity contribution in [1.82, 2.24) is 10.5 Å². The molecular formula is C22H22N2O5. The van der Waals surface area contributed by atoms with Crippen molar-refractivity contribution in [2.75, 3.05) is 6.61 Å². The summed E-state index contributed by atoms with van der Waals surface area (Å²) in [6, 6.07) is 15.5. The number of carboxylic acid groups (broad SMARTS) is 1. The van der Waals surface area contributed by atoms with Crippen LogP contribution in [0.5, 0.6) is 5.75 Å². The van der Waals surface area contributed by atoms with E-state index >= 15 is 0 Å². The van der Waals surface area contributed by atoms with Crippen LogP contribution in [0, 0.1) is 6.92 Å². The van der Waals surface area contributed by atoms with Crippen molar-refractivity contribution in [2.45, 2.75) is 26.3 Å². The largest absolute Gasteiger partial charge is 0.494 e. The fourth-order valence-corrected chi connectivity index (χ4v) is 3.05. The number of rotatable bonds is 8. The Labute approximate surface area is 168 Å². The van der Waals surface area contributed by atoms with Gasteiger partial charge in [-0.05, 0) is 31.5 Å². The Morgan fingerprint density at radius 1 is 1.14 bits per heavy atom. The molecule has 150 valence electrons. The summed E-state index contributed by atoms with van der Waals surface area (Å²) >= 11 is 0. The van der Waals surface area contributed by atoms with E-state index in [9.17, 15) is 14.7 Å². The molecule has 1 atom stereocenters. The van der Waals surface area contributed by atoms with Crippen LogP contribution in [0.2, 0.25) is 0 Å². The zero-order valence-electron chi connectivity index (χ0n) is 16.2. The number of carbonyl (C=O) groups is 2. The highest BCUT2D eigenvalue weighted by Crippen LogP contribution is 2.27. The van der Waals surface area contributed by atoms with E-state index in [0.717, 1.165) is 5.56 Å². The van der Waals surface area contributed by atoms with Crippen LogP contribution in [0.15, 0.2) is 59.1 Å². The van der Waals surface area contributed by atoms with E-state index in [4.69, 9.17) is 9.26 Å². The number of carbonyl (C=O) groups excluding carboxylic acids is 1. The van der Waals surface area contributed by atoms with E-state index in [-0.39, 0.29) is 12.0 Å². The number of amides is 1. The Bertz CT molecular complexity index is 980. The van der Waals surface area contributed by atoms with Crippen LogP contribution in [0.4, 0.5) is 0 Å². The van der Waals surface area contributed by atoms with Gasteiger partial charge in [0.25, 0.3) is 5.91 Å². The van der Waals surface area contributed by atoms with Crippen LogP contribution in [0.25, 0.3) is 11.3 Å². The summed E-state index contributed by atoms with van der Waals surface area (Å²) < 4.78 is 10.7. The number of aromatic nitrogens is 1. The number of aliphatic carboxylic acids is 1. The van der Waals surface area contributed by atoms with Gasteiger partial charge in [-0.15, -0.1) is 0 Å². The summed E-state index contributed by atoms with van der Waals surface area (Å²) in [6.07, 6.45) is -0.259. The molecule has 7 nitrogen and oxygen atoms in total. The van der Waals surface area contributed by atoms with Gasteiger partial charge < -0.3 is 19.7 Å². The predicted molar refractivity (Wildman–Crippen MR) is 107 cm³/mol. The molecule has 0 saturated heterocycles. The number of hydrogen-bond donors (Lipinski definition) is 2. The van der Waals surface area contributed by atoms with Gasteiger partial charge >= 0.3 is 5.97 Å². The molecule has 0 radical (unpaired) electrons. The third-order valence-electron chi connectivity index (χ3n) is 4.41. The summed E-state index contributed by atoms with van der Waals surface area (Å²) in [7, 11) is 0. The normalized spacial score (nSPS) is 11.7. The molecule has 29 heavy (non-hydrogen) atoms. The van der Waals surface area contributed by atoms with Gasteiger partial charge in [0.05, 0.1) is 19.1 Å². The molecule has 0 aliphatic heterocycles. The zero-order valence-corrected chi connectivity index (χ0v) is 16.2. The third-order valence-corrected chi connectivity index (χ3v) is 4.41. The van der Waals surface area contributed by atoms with Gasteiger partial charge in [-0.1, -0.05) is 47.6 Å². The highest BCUT2D eigenvalue weighted by molar-refractivity contribution is 6.01. The molecule has 0 bridgehead atoms. The molecule has 2 aromatic carbocycles. The van der Waals surface area contributed by atoms with E-state index in [2.05, 4.69) is 10.5 Å². The lowest BCUT2D eigenvalue weighted by Crippen LogP contribution is -2.30. The van der Waals surface area contributed by atoms with E-state index in [1.54, 1.807) is 31.2 Å². The summed E-state index contributed by atoms with van der Waals surface area (Å²) in [4.78, 5) is 24.4. The third kappa shape index (κ3) is 4.82. The molecular weight excluding hydrogens is 372 g/mol. The molecule has 1 heterocycles. The highest BCUT2D eigenvalue weighted by Gasteiger charge is 2.25. The number of hydrogen-bond acceptors (Lipinski definition) is 5. The van der Waals surface area contributed by atoms with Crippen molar-refractivity contribution in [1.29, 1.82) is 0 Å². The summed E-state index contributed by atoms with van der Waals surface area (Å²) in [6.45, 7) is 4.06. The fraction of sp³-hybridized carbons (Fsp3) is 0.227. The zero-order chi connectivity index (χ0) is 20.8. The molecule has 2 N–H and O–H groups in total. The second kappa shape index (κ2) is 9.05. The second-order valence-electron chi connectivity index (χ2n) is 6.45. The average molecular weight is 394 g/mol. The molecule has 0 unspecified atom stereocenters. The number of benzene rings is 2. The van der Waals surface area contributed by atoms with Crippen molar-refractivity contribution in [3.8, 4) is 17.0 Å². The second-order valence-corrected chi connectivity index (χ2v) is 6.45. The lowest BCUT2D eigenvalue weighted by atomic mass is 10.0. The topological polar surface area (TPSA) is 102 Å². The minimum atomic E-state index is -1.02. The molecule has 1 aromatic heterocycles. The number of nitrogens with zero attached hydrogens (tertiary/aromatic N) is 1. The van der Waals surface area contributed by atoms with Gasteiger partial charge in [0.1, 0.15) is 22.8 Å². The Hall–Kier alpha value is -3.61. The monoisotopic (exact) mass is 394 g/mol. The molecule has 0 saturated carbocycles. The molecule has 0 aliphatic carbocycles. The molecule has 3 rings (SSSR count). The number of carboxylic acids is 1. The molecule has 3 aromatic rings. The minimum absolute atomic E-state index is 0.259. The highest BCUT2D eigenvalue weighted by atomic mass is 16.5. The Balaban J connectivity index is 1.88. The van der Waals surface area contributed by atoms with Crippen LogP contribution < -0.4 is 10.1 Å². The van der Waals surface area contributed by atoms with E-state index in [0.29, 0.717) is 29.4 Å². The SMILES string of the molecule is CCOc1ccc([C@H](CC(=O)O)NC(=O)c2c(-c3ccccc3)noc2C)cc1. The summed E-state index contributed by atoms with van der Waals surface area (Å²) in [5.41, 5.74) is 2.11. The summed E-state index contributed by atoms with van der Waals surface area (Å²) in [5.74, 6) is -0.419. The van der Waals surface area contributed by atoms with Crippen LogP contribution in [-0.4, -0.2) is 28.7 Å². The Morgan fingerprint density at radius 3 is 2.45 bits per heavy atom. The van der Waals surface area contributed by atoms with Gasteiger partial charge in [0.2, 0.25) is 0 Å². The van der Waals surface area contributed by atoms with Crippen molar-refractivity contribution in [3.63, 3.8) is 0 Å². The fourth-order valence-electron chi connectivity index (χ4n) is 3.05. The van der Waals surface area contributed by atoms with Gasteiger partial charge in [-0.3, -0.25) is 9.59 Å². The minimum Gasteiger partial charge on any atom is -0.494 e. The van der Waals surface area contributed by atoms with Crippen molar-refractivity contribution in [3.05, 3.63) is 71.5 Å². The van der Waals surface area contributed by atoms with Gasteiger partial charge in [-0.25, -0.2) is 0 Å². The first kappa shape index (κ1) is 20.1. The maximum absolute atomic E-state index is 13.0. The van der Waals surface area contributed by atoms with Gasteiger partial charge in [-0.2, -0.15) is 0 Å². The van der Waals surface area contributed by atoms with Crippen LogP contribution in [0.1, 0.15) is 41.1 Å². The first-order chi connectivity index (χ1) is 14.0. The lowest BCUT2D eigenvalue weighted by Gasteiger charge is -2.18. The van der Waals surface area contributed by atoms with Crippen LogP contribution in [0.3, 0.4) is 0 Å². The number of ether oxygens (including phenoxy) is 1. The number of aryl methyl sites for hydroxylation is 1. The predicted octanol–water partition coefficient (Wildman–Crippen LogP) is 3.99. The summed E-state index contributed by atoms with van der Waals surface area (Å²) in [5, 5.41) is 16.1. The van der Waals surface area contributed by atoms with E-state index in [1.807, 2.05) is 37.3 Å². The van der Waals surface area contributed by atoms with Crippen molar-refractivity contribution in [2.24, 2.45) is 0 Å². The standard InChI is InChI=1S/C22H22N2O5/c1-3-28-17-11-9-15(10-12-17)18(13-19(25)26)23-22(27)20-14(2)29-24-21(20)16-7-5-4-6-8-16/h4-12,18H,3,13H2,1-2H3,(H,23,27)(H,25,26)/t18-/m0/s1. The van der Waals surface area contributed by atoms with Crippen molar-refractivity contribution >= 4 is 11.9 Å². The van der Waals surface area contributed by atoms with Gasteiger partial charge in [0.15, 0.2) is 0 Å². The van der Waals surface area contributed by atoms with Crippen LogP contribution in [-0.2, 0) is 4.79 Å². The number of nitrogens with one attached hydrogen (secondary N) is 1. The smallest absolute Gasteiger partial charge is 0.305 e. The average Bonchev–Trinajstić information content (AvgIpc) is 3.10. The maximum Gasteiger partial charge on any atom is 0.305 e. The van der Waals surface area contributed by atoms with Gasteiger partial charge in [0, 0.05) is 5.56 Å². The molecule has 0 aliphatic rings. The Kier molecular flexibility index (Phi) is 6.29. The first-order valence-corrected chi connectivity index (χ1v) is 9.26. The van der Waals surface area contributed by atoms with Crippen LogP contribution >= 0.6 is 0 Å². The Morgan fingerprint density at radius 2 is 1.83 bits per heavy atom.